The van der Waals surface area contributed by atoms with Gasteiger partial charge in [0.1, 0.15) is 97.7 Å². The van der Waals surface area contributed by atoms with Crippen molar-refractivity contribution in [3.63, 3.8) is 0 Å². The van der Waals surface area contributed by atoms with Crippen molar-refractivity contribution in [1.82, 2.24) is 0 Å². The lowest BCUT2D eigenvalue weighted by Gasteiger charge is -2.49. The minimum Gasteiger partial charge on any atom is -0.394 e. The van der Waals surface area contributed by atoms with Gasteiger partial charge in [0.15, 0.2) is 25.2 Å². The van der Waals surface area contributed by atoms with Crippen molar-refractivity contribution in [3.05, 3.63) is 0 Å². The topological polar surface area (TPSA) is 348 Å². The second kappa shape index (κ2) is 15.6. The molecule has 4 aliphatic rings. The maximum absolute atomic E-state index is 11.0. The van der Waals surface area contributed by atoms with Crippen LogP contribution >= 0.6 is 0 Å². The van der Waals surface area contributed by atoms with E-state index < -0.39 is 149 Å². The molecule has 14 N–H and O–H groups in total. The predicted octanol–water partition coefficient (Wildman–Crippen LogP) is -9.75. The molecule has 21 heteroatoms. The van der Waals surface area contributed by atoms with Crippen LogP contribution in [0.15, 0.2) is 0 Å². The summed E-state index contributed by atoms with van der Waals surface area (Å²) in [7, 11) is 0. The molecule has 4 fully saturated rings. The van der Waals surface area contributed by atoms with E-state index in [-0.39, 0.29) is 0 Å². The molecule has 0 saturated carbocycles. The smallest absolute Gasteiger partial charge is 0.190 e. The molecule has 0 radical (unpaired) electrons. The normalized spacial score (nSPS) is 52.9. The highest BCUT2D eigenvalue weighted by Crippen LogP contribution is 2.34. The summed E-state index contributed by atoms with van der Waals surface area (Å²) in [5.41, 5.74) is 0. The molecule has 0 unspecified atom stereocenters. The zero-order valence-corrected chi connectivity index (χ0v) is 23.5. The molecular weight excluding hydrogens is 624 g/mol. The predicted molar refractivity (Wildman–Crippen MR) is 134 cm³/mol. The number of aliphatic hydroxyl groups excluding tert-OH is 14. The summed E-state index contributed by atoms with van der Waals surface area (Å²) >= 11 is 0. The fourth-order valence-corrected chi connectivity index (χ4v) is 5.42. The monoisotopic (exact) mass is 666 g/mol. The summed E-state index contributed by atoms with van der Waals surface area (Å²) < 4.78 is 38.5. The van der Waals surface area contributed by atoms with Crippen LogP contribution in [-0.2, 0) is 33.2 Å². The molecule has 45 heavy (non-hydrogen) atoms. The first kappa shape index (κ1) is 37.0. The van der Waals surface area contributed by atoms with Crippen LogP contribution in [0.4, 0.5) is 0 Å². The van der Waals surface area contributed by atoms with Crippen molar-refractivity contribution >= 4 is 0 Å². The van der Waals surface area contributed by atoms with Gasteiger partial charge in [-0.1, -0.05) is 0 Å². The van der Waals surface area contributed by atoms with Gasteiger partial charge in [-0.15, -0.1) is 0 Å². The fraction of sp³-hybridized carbons (Fsp3) is 1.00. The third-order valence-electron chi connectivity index (χ3n) is 8.20. The van der Waals surface area contributed by atoms with Crippen molar-refractivity contribution in [2.75, 3.05) is 26.4 Å². The van der Waals surface area contributed by atoms with E-state index in [0.29, 0.717) is 0 Å². The Bertz CT molecular complexity index is 914. The maximum atomic E-state index is 11.0. The number of aliphatic hydroxyl groups is 14. The van der Waals surface area contributed by atoms with Gasteiger partial charge >= 0.3 is 0 Å². The van der Waals surface area contributed by atoms with Crippen LogP contribution in [-0.4, -0.2) is 221 Å². The molecule has 0 amide bonds. The largest absolute Gasteiger partial charge is 0.394 e. The first-order chi connectivity index (χ1) is 21.3. The van der Waals surface area contributed by atoms with E-state index in [9.17, 15) is 71.5 Å². The van der Waals surface area contributed by atoms with Gasteiger partial charge in [0.2, 0.25) is 0 Å². The van der Waals surface area contributed by atoms with E-state index in [4.69, 9.17) is 33.2 Å². The number of rotatable bonds is 10. The molecule has 0 aliphatic carbocycles. The Kier molecular flexibility index (Phi) is 12.8. The molecule has 0 spiro atoms. The van der Waals surface area contributed by atoms with Crippen LogP contribution in [0.5, 0.6) is 0 Å². The highest BCUT2D eigenvalue weighted by molar-refractivity contribution is 4.97. The quantitative estimate of drug-likeness (QED) is 0.103. The number of ether oxygens (including phenoxy) is 7. The van der Waals surface area contributed by atoms with Crippen LogP contribution in [0, 0.1) is 0 Å². The van der Waals surface area contributed by atoms with Gasteiger partial charge in [0, 0.05) is 0 Å². The Morgan fingerprint density at radius 3 is 0.933 bits per heavy atom. The molecule has 0 bridgehead atoms. The molecular formula is C24H42O21. The summed E-state index contributed by atoms with van der Waals surface area (Å²) in [5.74, 6) is 0. The second-order valence-corrected chi connectivity index (χ2v) is 11.1. The lowest BCUT2D eigenvalue weighted by molar-refractivity contribution is -0.411. The summed E-state index contributed by atoms with van der Waals surface area (Å²) in [6.07, 6.45) is -36.5. The van der Waals surface area contributed by atoms with Crippen LogP contribution in [0.2, 0.25) is 0 Å². The first-order valence-corrected chi connectivity index (χ1v) is 14.1. The van der Waals surface area contributed by atoms with Crippen molar-refractivity contribution < 1.29 is 105 Å². The zero-order chi connectivity index (χ0) is 33.3. The highest BCUT2D eigenvalue weighted by atomic mass is 16.8. The second-order valence-electron chi connectivity index (χ2n) is 11.1. The molecule has 264 valence electrons. The third kappa shape index (κ3) is 7.44. The number of hydrogen-bond donors (Lipinski definition) is 14. The zero-order valence-electron chi connectivity index (χ0n) is 23.5. The van der Waals surface area contributed by atoms with Gasteiger partial charge in [-0.3, -0.25) is 0 Å². The SMILES string of the molecule is OC[C@H]1O[C@H](O[C@H]2O[C@H](CO)[C@@H](O)[C@H](O)[C@H]2O[C@H]2O[C@H](CO)[C@@H](O)[C@H](O)[C@H]2O[C@H]2O[C@H](CO)[C@@H](O)[C@H](O)[C@H]2O)[C@H](O)[C@@H](O)[C@@H]1O. The van der Waals surface area contributed by atoms with Gasteiger partial charge in [0.05, 0.1) is 26.4 Å². The van der Waals surface area contributed by atoms with Gasteiger partial charge in [-0.05, 0) is 0 Å². The van der Waals surface area contributed by atoms with Gasteiger partial charge in [-0.25, -0.2) is 0 Å². The van der Waals surface area contributed by atoms with E-state index in [1.807, 2.05) is 0 Å². The summed E-state index contributed by atoms with van der Waals surface area (Å²) in [6, 6.07) is 0. The van der Waals surface area contributed by atoms with E-state index in [0.717, 1.165) is 0 Å². The third-order valence-corrected chi connectivity index (χ3v) is 8.20. The van der Waals surface area contributed by atoms with Crippen molar-refractivity contribution in [3.8, 4) is 0 Å². The average molecular weight is 667 g/mol. The number of hydrogen-bond acceptors (Lipinski definition) is 21. The fourth-order valence-electron chi connectivity index (χ4n) is 5.42. The van der Waals surface area contributed by atoms with E-state index in [1.54, 1.807) is 0 Å². The van der Waals surface area contributed by atoms with E-state index in [2.05, 4.69) is 0 Å². The van der Waals surface area contributed by atoms with Crippen LogP contribution in [0.1, 0.15) is 0 Å². The minimum absolute atomic E-state index is 0.827. The Balaban J connectivity index is 1.61. The summed E-state index contributed by atoms with van der Waals surface area (Å²) in [5, 5.41) is 143. The standard InChI is InChI=1S/C24H42O21/c25-1-5-9(29)13(33)17(37)21(39-5)43-19-15(35)11(31)7(3-27)41-23(19)44-20-16(36)12(32)8(4-28)42-24(20)45-22-18(38)14(34)10(30)6(2-26)40-22/h5-38H,1-4H2/t5-,6-,7-,8-,9-,10-,11-,12-,13+,14+,15+,16+,17-,18-,19-,20-,21-,22-,23-,24-/m1/s1. The lowest BCUT2D eigenvalue weighted by atomic mass is 9.96. The summed E-state index contributed by atoms with van der Waals surface area (Å²) in [6.45, 7) is -3.43. The Morgan fingerprint density at radius 1 is 0.311 bits per heavy atom. The van der Waals surface area contributed by atoms with Crippen molar-refractivity contribution in [2.45, 2.75) is 123 Å². The lowest BCUT2D eigenvalue weighted by Crippen LogP contribution is -2.67. The van der Waals surface area contributed by atoms with Gasteiger partial charge < -0.3 is 105 Å². The van der Waals surface area contributed by atoms with E-state index >= 15 is 0 Å². The Labute approximate surface area is 254 Å². The van der Waals surface area contributed by atoms with Gasteiger partial charge in [0.25, 0.3) is 0 Å². The van der Waals surface area contributed by atoms with Crippen molar-refractivity contribution in [2.24, 2.45) is 0 Å². The van der Waals surface area contributed by atoms with Gasteiger partial charge in [-0.2, -0.15) is 0 Å². The van der Waals surface area contributed by atoms with Crippen LogP contribution < -0.4 is 0 Å². The van der Waals surface area contributed by atoms with Crippen LogP contribution in [0.25, 0.3) is 0 Å². The molecule has 0 aromatic heterocycles. The first-order valence-electron chi connectivity index (χ1n) is 14.1. The Morgan fingerprint density at radius 2 is 0.578 bits per heavy atom. The van der Waals surface area contributed by atoms with Crippen LogP contribution in [0.3, 0.4) is 0 Å². The average Bonchev–Trinajstić information content (AvgIpc) is 3.03. The highest BCUT2D eigenvalue weighted by Gasteiger charge is 2.55. The summed E-state index contributed by atoms with van der Waals surface area (Å²) in [4.78, 5) is 0. The molecule has 4 saturated heterocycles. The molecule has 4 heterocycles. The molecule has 20 atom stereocenters. The Hall–Kier alpha value is -0.840. The molecule has 4 aliphatic heterocycles. The maximum Gasteiger partial charge on any atom is 0.190 e. The van der Waals surface area contributed by atoms with E-state index in [1.165, 1.54) is 0 Å². The minimum atomic E-state index is -2.01. The molecule has 0 aromatic rings. The molecule has 4 rings (SSSR count). The van der Waals surface area contributed by atoms with Crippen molar-refractivity contribution in [1.29, 1.82) is 0 Å². The molecule has 0 aromatic carbocycles. The molecule has 21 nitrogen and oxygen atoms in total.